The van der Waals surface area contributed by atoms with Gasteiger partial charge in [0.2, 0.25) is 0 Å². The first-order chi connectivity index (χ1) is 9.90. The lowest BCUT2D eigenvalue weighted by molar-refractivity contribution is 0.586. The maximum absolute atomic E-state index is 4.58. The molecule has 0 saturated carbocycles. The molecule has 0 amide bonds. The fourth-order valence-electron chi connectivity index (χ4n) is 2.45. The molecule has 0 fully saturated rings. The van der Waals surface area contributed by atoms with Crippen molar-refractivity contribution < 1.29 is 0 Å². The number of nitrogens with one attached hydrogen (secondary N) is 1. The van der Waals surface area contributed by atoms with E-state index in [9.17, 15) is 0 Å². The molecule has 1 N–H and O–H groups in total. The van der Waals surface area contributed by atoms with Gasteiger partial charge in [0.25, 0.3) is 0 Å². The van der Waals surface area contributed by atoms with Crippen molar-refractivity contribution >= 4 is 17.2 Å². The molecule has 0 aliphatic heterocycles. The highest BCUT2D eigenvalue weighted by Crippen LogP contribution is 2.25. The van der Waals surface area contributed by atoms with Crippen molar-refractivity contribution in [3.8, 4) is 0 Å². The number of hydrogen-bond acceptors (Lipinski definition) is 5. The first-order valence-corrected chi connectivity index (χ1v) is 8.14. The Morgan fingerprint density at radius 1 is 1.33 bits per heavy atom. The average Bonchev–Trinajstić information content (AvgIpc) is 2.90. The largest absolute Gasteiger partial charge is 0.354 e. The number of rotatable bonds is 6. The van der Waals surface area contributed by atoms with Crippen LogP contribution in [0, 0.1) is 13.8 Å². The van der Waals surface area contributed by atoms with E-state index in [4.69, 9.17) is 0 Å². The van der Waals surface area contributed by atoms with Gasteiger partial charge >= 0.3 is 0 Å². The molecule has 2 rings (SSSR count). The van der Waals surface area contributed by atoms with Crippen molar-refractivity contribution in [3.63, 3.8) is 0 Å². The van der Waals surface area contributed by atoms with Crippen LogP contribution >= 0.6 is 11.3 Å². The zero-order valence-electron chi connectivity index (χ0n) is 13.8. The van der Waals surface area contributed by atoms with Crippen molar-refractivity contribution in [2.75, 3.05) is 11.9 Å². The summed E-state index contributed by atoms with van der Waals surface area (Å²) in [7, 11) is 4.13. The van der Waals surface area contributed by atoms with Crippen molar-refractivity contribution in [1.29, 1.82) is 0 Å². The second-order valence-electron chi connectivity index (χ2n) is 5.76. The Kier molecular flexibility index (Phi) is 5.00. The highest BCUT2D eigenvalue weighted by Gasteiger charge is 2.18. The van der Waals surface area contributed by atoms with E-state index in [1.165, 1.54) is 16.3 Å². The monoisotopic (exact) mass is 307 g/mol. The fourth-order valence-corrected chi connectivity index (χ4v) is 3.28. The summed E-state index contributed by atoms with van der Waals surface area (Å²) in [6, 6.07) is 0.464. The van der Waals surface area contributed by atoms with E-state index >= 15 is 0 Å². The second-order valence-corrected chi connectivity index (χ2v) is 6.70. The zero-order chi connectivity index (χ0) is 15.6. The minimum atomic E-state index is 0.464. The van der Waals surface area contributed by atoms with Gasteiger partial charge in [0.05, 0.1) is 23.4 Å². The summed E-state index contributed by atoms with van der Waals surface area (Å²) in [5.74, 6) is 1.17. The van der Waals surface area contributed by atoms with Gasteiger partial charge in [0, 0.05) is 37.1 Å². The van der Waals surface area contributed by atoms with Crippen LogP contribution in [0.2, 0.25) is 0 Å². The van der Waals surface area contributed by atoms with Gasteiger partial charge in [-0.25, -0.2) is 4.98 Å². The van der Waals surface area contributed by atoms with Crippen LogP contribution in [-0.4, -0.2) is 27.9 Å². The van der Waals surface area contributed by atoms with Crippen molar-refractivity contribution in [2.24, 2.45) is 7.05 Å². The SMILES string of the molecule is Cc1ncsc1CN(C)c1c(CNC(C)C)c(C)nn1C. The lowest BCUT2D eigenvalue weighted by Crippen LogP contribution is -2.25. The summed E-state index contributed by atoms with van der Waals surface area (Å²) >= 11 is 1.71. The average molecular weight is 307 g/mol. The number of nitrogens with zero attached hydrogens (tertiary/aromatic N) is 4. The van der Waals surface area contributed by atoms with Crippen LogP contribution in [0.1, 0.15) is 35.7 Å². The normalized spacial score (nSPS) is 11.4. The van der Waals surface area contributed by atoms with E-state index in [-0.39, 0.29) is 0 Å². The molecular weight excluding hydrogens is 282 g/mol. The molecule has 5 nitrogen and oxygen atoms in total. The van der Waals surface area contributed by atoms with E-state index < -0.39 is 0 Å². The molecule has 2 aromatic heterocycles. The maximum Gasteiger partial charge on any atom is 0.131 e. The van der Waals surface area contributed by atoms with Crippen LogP contribution < -0.4 is 10.2 Å². The molecule has 2 heterocycles. The van der Waals surface area contributed by atoms with Gasteiger partial charge < -0.3 is 10.2 Å². The van der Waals surface area contributed by atoms with Crippen LogP contribution in [-0.2, 0) is 20.1 Å². The molecule has 0 bridgehead atoms. The molecule has 21 heavy (non-hydrogen) atoms. The summed E-state index contributed by atoms with van der Waals surface area (Å²) in [4.78, 5) is 7.90. The Hall–Kier alpha value is -1.40. The van der Waals surface area contributed by atoms with Gasteiger partial charge in [0.1, 0.15) is 5.82 Å². The number of thiazole rings is 1. The van der Waals surface area contributed by atoms with Crippen LogP contribution in [0.4, 0.5) is 5.82 Å². The van der Waals surface area contributed by atoms with E-state index in [1.807, 2.05) is 17.2 Å². The standard InChI is InChI=1S/C15H25N5S/c1-10(2)16-7-13-11(3)18-20(6)15(13)19(5)8-14-12(4)17-9-21-14/h9-10,16H,7-8H2,1-6H3. The van der Waals surface area contributed by atoms with Crippen molar-refractivity contribution in [2.45, 2.75) is 46.8 Å². The van der Waals surface area contributed by atoms with Gasteiger partial charge in [-0.15, -0.1) is 11.3 Å². The number of hydrogen-bond donors (Lipinski definition) is 1. The molecule has 0 unspecified atom stereocenters. The van der Waals surface area contributed by atoms with Gasteiger partial charge in [0.15, 0.2) is 0 Å². The Bertz CT molecular complexity index is 599. The Morgan fingerprint density at radius 2 is 2.05 bits per heavy atom. The summed E-state index contributed by atoms with van der Waals surface area (Å²) in [6.07, 6.45) is 0. The summed E-state index contributed by atoms with van der Waals surface area (Å²) in [6.45, 7) is 10.2. The molecule has 2 aromatic rings. The molecule has 116 valence electrons. The molecular formula is C15H25N5S. The van der Waals surface area contributed by atoms with Crippen LogP contribution in [0.5, 0.6) is 0 Å². The predicted molar refractivity (Wildman–Crippen MR) is 88.9 cm³/mol. The smallest absolute Gasteiger partial charge is 0.131 e. The molecule has 0 atom stereocenters. The third-order valence-electron chi connectivity index (χ3n) is 3.59. The topological polar surface area (TPSA) is 46.0 Å². The van der Waals surface area contributed by atoms with Gasteiger partial charge in [-0.05, 0) is 13.8 Å². The third-order valence-corrected chi connectivity index (χ3v) is 4.51. The van der Waals surface area contributed by atoms with Crippen LogP contribution in [0.25, 0.3) is 0 Å². The molecule has 6 heteroatoms. The molecule has 0 aliphatic rings. The van der Waals surface area contributed by atoms with Crippen molar-refractivity contribution in [1.82, 2.24) is 20.1 Å². The minimum absolute atomic E-state index is 0.464. The lowest BCUT2D eigenvalue weighted by atomic mass is 10.2. The fraction of sp³-hybridized carbons (Fsp3) is 0.600. The van der Waals surface area contributed by atoms with Crippen LogP contribution in [0.15, 0.2) is 5.51 Å². The van der Waals surface area contributed by atoms with E-state index in [1.54, 1.807) is 11.3 Å². The second kappa shape index (κ2) is 6.58. The molecule has 0 spiro atoms. The first-order valence-electron chi connectivity index (χ1n) is 7.26. The molecule has 0 radical (unpaired) electrons. The van der Waals surface area contributed by atoms with Gasteiger partial charge in [-0.1, -0.05) is 13.8 Å². The number of aryl methyl sites for hydroxylation is 3. The third kappa shape index (κ3) is 3.63. The quantitative estimate of drug-likeness (QED) is 0.891. The summed E-state index contributed by atoms with van der Waals surface area (Å²) < 4.78 is 1.98. The van der Waals surface area contributed by atoms with Crippen LogP contribution in [0.3, 0.4) is 0 Å². The Balaban J connectivity index is 2.23. The summed E-state index contributed by atoms with van der Waals surface area (Å²) in [5.41, 5.74) is 5.39. The highest BCUT2D eigenvalue weighted by atomic mass is 32.1. The minimum Gasteiger partial charge on any atom is -0.354 e. The Labute approximate surface area is 131 Å². The molecule has 0 aliphatic carbocycles. The van der Waals surface area contributed by atoms with Gasteiger partial charge in [-0.2, -0.15) is 5.10 Å². The Morgan fingerprint density at radius 3 is 2.62 bits per heavy atom. The molecule has 0 saturated heterocycles. The van der Waals surface area contributed by atoms with E-state index in [0.29, 0.717) is 6.04 Å². The van der Waals surface area contributed by atoms with E-state index in [2.05, 4.69) is 55.0 Å². The summed E-state index contributed by atoms with van der Waals surface area (Å²) in [5, 5.41) is 8.08. The predicted octanol–water partition coefficient (Wildman–Crippen LogP) is 2.63. The first kappa shape index (κ1) is 16.0. The lowest BCUT2D eigenvalue weighted by Gasteiger charge is -2.21. The number of aromatic nitrogens is 3. The van der Waals surface area contributed by atoms with E-state index in [0.717, 1.165) is 24.5 Å². The van der Waals surface area contributed by atoms with Crippen molar-refractivity contribution in [3.05, 3.63) is 27.3 Å². The number of anilines is 1. The maximum atomic E-state index is 4.58. The zero-order valence-corrected chi connectivity index (χ0v) is 14.6. The highest BCUT2D eigenvalue weighted by molar-refractivity contribution is 7.09. The van der Waals surface area contributed by atoms with Gasteiger partial charge in [-0.3, -0.25) is 4.68 Å². The molecule has 0 aromatic carbocycles.